The third-order valence-electron chi connectivity index (χ3n) is 7.59. The van der Waals surface area contributed by atoms with Crippen molar-refractivity contribution in [1.29, 1.82) is 0 Å². The van der Waals surface area contributed by atoms with Gasteiger partial charge in [-0.1, -0.05) is 0 Å². The fourth-order valence-corrected chi connectivity index (χ4v) is 5.04. The van der Waals surface area contributed by atoms with Crippen LogP contribution in [-0.2, 0) is 9.59 Å². The zero-order valence-electron chi connectivity index (χ0n) is 22.4. The van der Waals surface area contributed by atoms with Crippen molar-refractivity contribution in [3.05, 3.63) is 71.6 Å². The molecule has 2 aliphatic carbocycles. The first-order valence-corrected chi connectivity index (χ1v) is 13.4. The van der Waals surface area contributed by atoms with Crippen LogP contribution in [0.25, 0.3) is 5.65 Å². The molecule has 0 spiro atoms. The summed E-state index contributed by atoms with van der Waals surface area (Å²) in [4.78, 5) is 62.1. The lowest BCUT2D eigenvalue weighted by molar-refractivity contribution is -0.124. The monoisotopic (exact) mass is 547 g/mol. The van der Waals surface area contributed by atoms with Crippen LogP contribution in [0.2, 0.25) is 0 Å². The van der Waals surface area contributed by atoms with Crippen molar-refractivity contribution in [2.75, 3.05) is 23.8 Å². The molecule has 1 aliphatic heterocycles. The molecular weight excluding hydrogens is 522 g/mol. The summed E-state index contributed by atoms with van der Waals surface area (Å²) in [5.74, 6) is 6.90. The minimum atomic E-state index is -0.375. The minimum Gasteiger partial charge on any atom is -0.310 e. The van der Waals surface area contributed by atoms with Gasteiger partial charge < -0.3 is 9.72 Å². The highest BCUT2D eigenvalue weighted by atomic mass is 16.2. The van der Waals surface area contributed by atoms with Crippen LogP contribution in [-0.4, -0.2) is 65.7 Å². The van der Waals surface area contributed by atoms with Crippen LogP contribution in [0, 0.1) is 24.7 Å². The first kappa shape index (κ1) is 24.8. The Bertz CT molecular complexity index is 1820. The largest absolute Gasteiger partial charge is 0.331 e. The molecule has 12 nitrogen and oxygen atoms in total. The van der Waals surface area contributed by atoms with Crippen LogP contribution in [0.5, 0.6) is 0 Å². The Morgan fingerprint density at radius 2 is 1.88 bits per heavy atom. The number of imide groups is 1. The highest BCUT2D eigenvalue weighted by Crippen LogP contribution is 2.46. The number of aromatic nitrogens is 6. The Hall–Kier alpha value is -5.18. The summed E-state index contributed by atoms with van der Waals surface area (Å²) in [5.41, 5.74) is 4.00. The summed E-state index contributed by atoms with van der Waals surface area (Å²) in [5, 5.41) is 2.85. The van der Waals surface area contributed by atoms with Gasteiger partial charge in [-0.05, 0) is 61.6 Å². The summed E-state index contributed by atoms with van der Waals surface area (Å²) < 4.78 is 1.86. The van der Waals surface area contributed by atoms with E-state index in [1.54, 1.807) is 18.5 Å². The van der Waals surface area contributed by atoms with E-state index in [4.69, 9.17) is 0 Å². The number of nitrogens with one attached hydrogen (secondary N) is 1. The topological polar surface area (TPSA) is 139 Å². The van der Waals surface area contributed by atoms with Gasteiger partial charge in [0.1, 0.15) is 35.9 Å². The summed E-state index contributed by atoms with van der Waals surface area (Å²) in [6.07, 6.45) is 9.74. The van der Waals surface area contributed by atoms with Gasteiger partial charge in [-0.3, -0.25) is 19.4 Å². The van der Waals surface area contributed by atoms with Crippen LogP contribution in [0.3, 0.4) is 0 Å². The molecule has 3 fully saturated rings. The van der Waals surface area contributed by atoms with Gasteiger partial charge >= 0.3 is 6.03 Å². The summed E-state index contributed by atoms with van der Waals surface area (Å²) in [6, 6.07) is 5.02. The molecule has 0 bridgehead atoms. The van der Waals surface area contributed by atoms with E-state index in [9.17, 15) is 14.4 Å². The maximum absolute atomic E-state index is 12.8. The molecule has 2 saturated carbocycles. The fraction of sp³-hybridized carbons (Fsp3) is 0.310. The average Bonchev–Trinajstić information content (AvgIpc) is 3.89. The molecule has 1 saturated heterocycles. The number of likely N-dealkylation sites (N-methyl/N-ethyl adjacent to an activating group) is 1. The van der Waals surface area contributed by atoms with Gasteiger partial charge in [0.05, 0.1) is 5.69 Å². The van der Waals surface area contributed by atoms with Gasteiger partial charge in [-0.15, -0.1) is 0 Å². The van der Waals surface area contributed by atoms with E-state index in [-0.39, 0.29) is 36.2 Å². The van der Waals surface area contributed by atoms with E-state index in [0.29, 0.717) is 46.7 Å². The number of anilines is 2. The van der Waals surface area contributed by atoms with Crippen LogP contribution in [0.1, 0.15) is 59.6 Å². The molecule has 4 aromatic heterocycles. The van der Waals surface area contributed by atoms with E-state index in [2.05, 4.69) is 42.1 Å². The molecule has 12 heteroatoms. The predicted molar refractivity (Wildman–Crippen MR) is 147 cm³/mol. The van der Waals surface area contributed by atoms with Crippen LogP contribution in [0.4, 0.5) is 16.3 Å². The number of rotatable bonds is 5. The molecule has 0 aromatic carbocycles. The van der Waals surface area contributed by atoms with Gasteiger partial charge in [-0.25, -0.2) is 29.7 Å². The molecule has 0 radical (unpaired) electrons. The highest BCUT2D eigenvalue weighted by molar-refractivity contribution is 6.13. The summed E-state index contributed by atoms with van der Waals surface area (Å²) in [7, 11) is 1.48. The lowest BCUT2D eigenvalue weighted by atomic mass is 10.1. The molecule has 7 rings (SSSR count). The third kappa shape index (κ3) is 4.75. The van der Waals surface area contributed by atoms with Gasteiger partial charge in [0.15, 0.2) is 5.65 Å². The van der Waals surface area contributed by atoms with E-state index in [1.807, 2.05) is 29.7 Å². The third-order valence-corrected chi connectivity index (χ3v) is 7.59. The fourth-order valence-electron chi connectivity index (χ4n) is 5.04. The molecule has 41 heavy (non-hydrogen) atoms. The van der Waals surface area contributed by atoms with Crippen LogP contribution >= 0.6 is 0 Å². The Labute approximate surface area is 234 Å². The van der Waals surface area contributed by atoms with E-state index in [0.717, 1.165) is 29.0 Å². The first-order chi connectivity index (χ1) is 19.8. The number of aryl methyl sites for hydroxylation is 1. The van der Waals surface area contributed by atoms with Crippen molar-refractivity contribution in [1.82, 2.24) is 34.2 Å². The van der Waals surface area contributed by atoms with E-state index in [1.165, 1.54) is 18.3 Å². The van der Waals surface area contributed by atoms with Crippen molar-refractivity contribution >= 4 is 35.0 Å². The lowest BCUT2D eigenvalue weighted by Crippen LogP contribution is -2.30. The molecular formula is C29H25N9O3. The normalized spacial score (nSPS) is 19.9. The second-order valence-corrected chi connectivity index (χ2v) is 10.6. The van der Waals surface area contributed by atoms with Gasteiger partial charge in [-0.2, -0.15) is 0 Å². The quantitative estimate of drug-likeness (QED) is 0.297. The minimum absolute atomic E-state index is 0.00532. The van der Waals surface area contributed by atoms with Crippen molar-refractivity contribution in [3.8, 4) is 11.8 Å². The average molecular weight is 548 g/mol. The molecule has 2 atom stereocenters. The number of imidazole rings is 1. The van der Waals surface area contributed by atoms with Crippen LogP contribution in [0.15, 0.2) is 43.1 Å². The van der Waals surface area contributed by atoms with Gasteiger partial charge in [0.25, 0.3) is 0 Å². The number of amides is 4. The Morgan fingerprint density at radius 3 is 2.63 bits per heavy atom. The lowest BCUT2D eigenvalue weighted by Gasteiger charge is -2.17. The number of nitrogens with zero attached hydrogens (tertiary/aromatic N) is 8. The maximum Gasteiger partial charge on any atom is 0.331 e. The molecule has 3 aliphatic rings. The first-order valence-electron chi connectivity index (χ1n) is 13.4. The van der Waals surface area contributed by atoms with Gasteiger partial charge in [0, 0.05) is 49.2 Å². The number of pyridine rings is 1. The van der Waals surface area contributed by atoms with E-state index < -0.39 is 0 Å². The highest BCUT2D eigenvalue weighted by Gasteiger charge is 2.46. The molecule has 204 valence electrons. The molecule has 4 aromatic rings. The molecule has 5 heterocycles. The van der Waals surface area contributed by atoms with Crippen molar-refractivity contribution in [3.63, 3.8) is 0 Å². The molecule has 4 amide bonds. The summed E-state index contributed by atoms with van der Waals surface area (Å²) in [6.45, 7) is 1.88. The van der Waals surface area contributed by atoms with Gasteiger partial charge in [0.2, 0.25) is 11.8 Å². The maximum atomic E-state index is 12.8. The molecule has 0 unspecified atom stereocenters. The van der Waals surface area contributed by atoms with Crippen molar-refractivity contribution in [2.24, 2.45) is 5.92 Å². The Balaban J connectivity index is 1.11. The smallest absolute Gasteiger partial charge is 0.310 e. The second-order valence-electron chi connectivity index (χ2n) is 10.6. The number of carbonyl (C=O) groups excluding carboxylic acids is 3. The number of carbonyl (C=O) groups is 3. The number of urea groups is 1. The zero-order valence-corrected chi connectivity index (χ0v) is 22.4. The Morgan fingerprint density at radius 1 is 1.05 bits per heavy atom. The number of hydrogen-bond acceptors (Lipinski definition) is 8. The van der Waals surface area contributed by atoms with Crippen molar-refractivity contribution < 1.29 is 14.4 Å². The zero-order chi connectivity index (χ0) is 28.2. The number of hydrogen-bond donors (Lipinski definition) is 1. The summed E-state index contributed by atoms with van der Waals surface area (Å²) >= 11 is 0. The number of fused-ring (bicyclic) bond motifs is 1. The Kier molecular flexibility index (Phi) is 5.74. The standard InChI is InChI=1S/C29H25N9O3/c1-16-7-8-30-26(33-16)21-11-22(21)28(40)35-24-10-19(31-15-32-24)5-6-20-13-37-12-18(17-3-4-17)9-23(27(37)34-20)38-14-25(39)36(2)29(38)41/h7-10,12-13,15,17,21-22H,3-4,11,14H2,1-2H3,(H,31,32,35,40)/t21-,22-/m0/s1. The van der Waals surface area contributed by atoms with E-state index >= 15 is 0 Å². The molecule has 1 N–H and O–H groups in total. The van der Waals surface area contributed by atoms with Crippen LogP contribution < -0.4 is 10.2 Å². The van der Waals surface area contributed by atoms with Crippen molar-refractivity contribution in [2.45, 2.75) is 38.0 Å². The predicted octanol–water partition coefficient (Wildman–Crippen LogP) is 2.64. The second kappa shape index (κ2) is 9.48. The SMILES string of the molecule is Cc1ccnc([C@H]2C[C@@H]2C(=O)Nc2cc(C#Cc3cn4cc(C5CC5)cc(N5CC(=O)N(C)C5=O)c4n3)ncn2)n1.